The Bertz CT molecular complexity index is 538. The number of nitrogens with zero attached hydrogens (tertiary/aromatic N) is 2. The molecular weight excluding hydrogens is 235 g/mol. The maximum Gasteiger partial charge on any atom is 0.320 e. The Labute approximate surface area is 103 Å². The Kier molecular flexibility index (Phi) is 2.93. The van der Waals surface area contributed by atoms with Gasteiger partial charge in [-0.25, -0.2) is 4.39 Å². The van der Waals surface area contributed by atoms with Crippen molar-refractivity contribution in [3.63, 3.8) is 0 Å². The van der Waals surface area contributed by atoms with Gasteiger partial charge in [-0.15, -0.1) is 5.10 Å². The zero-order valence-electron chi connectivity index (χ0n) is 9.69. The third-order valence-corrected chi connectivity index (χ3v) is 2.70. The van der Waals surface area contributed by atoms with Crippen LogP contribution in [0.3, 0.4) is 0 Å². The molecule has 94 valence electrons. The van der Waals surface area contributed by atoms with Gasteiger partial charge in [-0.1, -0.05) is 17.2 Å². The molecule has 1 aliphatic rings. The summed E-state index contributed by atoms with van der Waals surface area (Å²) in [6.45, 7) is 0.552. The van der Waals surface area contributed by atoms with Crippen molar-refractivity contribution in [1.29, 1.82) is 0 Å². The highest BCUT2D eigenvalue weighted by atomic mass is 19.1. The normalized spacial score (nSPS) is 14.7. The van der Waals surface area contributed by atoms with Crippen LogP contribution in [0.1, 0.15) is 18.7 Å². The number of hydrogen-bond donors (Lipinski definition) is 2. The number of halogens is 1. The van der Waals surface area contributed by atoms with E-state index in [0.29, 0.717) is 24.2 Å². The molecule has 0 amide bonds. The average Bonchev–Trinajstić information content (AvgIpc) is 3.10. The standard InChI is InChI=1S/C12H13FN4O/c13-9-3-1-2-4-10(9)15-12-17-16-11(18-12)7-14-8-5-6-8/h1-4,8,14H,5-7H2,(H,15,17). The van der Waals surface area contributed by atoms with Gasteiger partial charge in [0.15, 0.2) is 0 Å². The summed E-state index contributed by atoms with van der Waals surface area (Å²) in [5.41, 5.74) is 0.322. The Hall–Kier alpha value is -1.95. The summed E-state index contributed by atoms with van der Waals surface area (Å²) in [5.74, 6) is 0.147. The van der Waals surface area contributed by atoms with E-state index in [4.69, 9.17) is 4.42 Å². The Morgan fingerprint density at radius 3 is 2.89 bits per heavy atom. The fraction of sp³-hybridized carbons (Fsp3) is 0.333. The fourth-order valence-corrected chi connectivity index (χ4v) is 1.57. The van der Waals surface area contributed by atoms with Gasteiger partial charge in [-0.05, 0) is 25.0 Å². The molecule has 1 fully saturated rings. The molecule has 5 nitrogen and oxygen atoms in total. The van der Waals surface area contributed by atoms with E-state index in [0.717, 1.165) is 0 Å². The van der Waals surface area contributed by atoms with Crippen molar-refractivity contribution in [3.05, 3.63) is 36.0 Å². The van der Waals surface area contributed by atoms with Gasteiger partial charge in [0, 0.05) is 6.04 Å². The number of rotatable bonds is 5. The molecule has 3 rings (SSSR count). The van der Waals surface area contributed by atoms with Gasteiger partial charge < -0.3 is 15.1 Å². The molecule has 1 aliphatic carbocycles. The zero-order chi connectivity index (χ0) is 12.4. The van der Waals surface area contributed by atoms with Gasteiger partial charge in [0.2, 0.25) is 5.89 Å². The summed E-state index contributed by atoms with van der Waals surface area (Å²) in [5, 5.41) is 13.7. The molecular formula is C12H13FN4O. The average molecular weight is 248 g/mol. The minimum absolute atomic E-state index is 0.202. The summed E-state index contributed by atoms with van der Waals surface area (Å²) in [6.07, 6.45) is 2.41. The third-order valence-electron chi connectivity index (χ3n) is 2.70. The van der Waals surface area contributed by atoms with Crippen molar-refractivity contribution in [2.75, 3.05) is 5.32 Å². The van der Waals surface area contributed by atoms with E-state index in [1.807, 2.05) is 0 Å². The maximum absolute atomic E-state index is 13.4. The molecule has 0 bridgehead atoms. The Balaban J connectivity index is 1.63. The molecule has 0 unspecified atom stereocenters. The number of anilines is 2. The predicted molar refractivity (Wildman–Crippen MR) is 63.8 cm³/mol. The van der Waals surface area contributed by atoms with Gasteiger partial charge >= 0.3 is 6.01 Å². The van der Waals surface area contributed by atoms with Crippen molar-refractivity contribution >= 4 is 11.7 Å². The van der Waals surface area contributed by atoms with Crippen LogP contribution in [-0.4, -0.2) is 16.2 Å². The predicted octanol–water partition coefficient (Wildman–Crippen LogP) is 2.20. The largest absolute Gasteiger partial charge is 0.406 e. The van der Waals surface area contributed by atoms with Crippen LogP contribution in [0.4, 0.5) is 16.1 Å². The lowest BCUT2D eigenvalue weighted by atomic mass is 10.3. The Morgan fingerprint density at radius 2 is 2.11 bits per heavy atom. The van der Waals surface area contributed by atoms with E-state index < -0.39 is 0 Å². The molecule has 1 aromatic heterocycles. The highest BCUT2D eigenvalue weighted by molar-refractivity contribution is 5.52. The summed E-state index contributed by atoms with van der Waals surface area (Å²) < 4.78 is 18.7. The summed E-state index contributed by atoms with van der Waals surface area (Å²) in [4.78, 5) is 0. The second kappa shape index (κ2) is 4.73. The molecule has 2 N–H and O–H groups in total. The second-order valence-corrected chi connectivity index (χ2v) is 4.26. The molecule has 18 heavy (non-hydrogen) atoms. The molecule has 0 saturated heterocycles. The van der Waals surface area contributed by atoms with Crippen LogP contribution < -0.4 is 10.6 Å². The van der Waals surface area contributed by atoms with Gasteiger partial charge in [0.1, 0.15) is 5.82 Å². The summed E-state index contributed by atoms with van der Waals surface area (Å²) in [7, 11) is 0. The van der Waals surface area contributed by atoms with Crippen LogP contribution >= 0.6 is 0 Å². The lowest BCUT2D eigenvalue weighted by molar-refractivity contribution is 0.478. The molecule has 1 heterocycles. The van der Waals surface area contributed by atoms with Gasteiger partial charge in [-0.2, -0.15) is 0 Å². The van der Waals surface area contributed by atoms with Gasteiger partial charge in [-0.3, -0.25) is 0 Å². The molecule has 2 aromatic rings. The lowest BCUT2D eigenvalue weighted by Gasteiger charge is -2.01. The van der Waals surface area contributed by atoms with E-state index in [-0.39, 0.29) is 11.8 Å². The van der Waals surface area contributed by atoms with Gasteiger partial charge in [0.05, 0.1) is 12.2 Å². The molecule has 6 heteroatoms. The first kappa shape index (κ1) is 11.2. The van der Waals surface area contributed by atoms with Crippen molar-refractivity contribution < 1.29 is 8.81 Å². The first-order chi connectivity index (χ1) is 8.81. The van der Waals surface area contributed by atoms with E-state index in [9.17, 15) is 4.39 Å². The van der Waals surface area contributed by atoms with E-state index in [2.05, 4.69) is 20.8 Å². The van der Waals surface area contributed by atoms with Crippen LogP contribution in [0, 0.1) is 5.82 Å². The SMILES string of the molecule is Fc1ccccc1Nc1nnc(CNC2CC2)o1. The topological polar surface area (TPSA) is 63.0 Å². The van der Waals surface area contributed by atoms with Crippen LogP contribution in [0.5, 0.6) is 0 Å². The number of para-hydroxylation sites is 1. The number of nitrogens with one attached hydrogen (secondary N) is 2. The molecule has 0 radical (unpaired) electrons. The van der Waals surface area contributed by atoms with Crippen molar-refractivity contribution in [3.8, 4) is 0 Å². The smallest absolute Gasteiger partial charge is 0.320 e. The highest BCUT2D eigenvalue weighted by Crippen LogP contribution is 2.20. The molecule has 0 spiro atoms. The van der Waals surface area contributed by atoms with Crippen LogP contribution in [0.15, 0.2) is 28.7 Å². The monoisotopic (exact) mass is 248 g/mol. The van der Waals surface area contributed by atoms with Crippen molar-refractivity contribution in [1.82, 2.24) is 15.5 Å². The maximum atomic E-state index is 13.4. The Morgan fingerprint density at radius 1 is 1.28 bits per heavy atom. The molecule has 1 saturated carbocycles. The third kappa shape index (κ3) is 2.65. The van der Waals surface area contributed by atoms with Crippen LogP contribution in [0.2, 0.25) is 0 Å². The van der Waals surface area contributed by atoms with Crippen LogP contribution in [-0.2, 0) is 6.54 Å². The van der Waals surface area contributed by atoms with E-state index in [1.54, 1.807) is 18.2 Å². The first-order valence-corrected chi connectivity index (χ1v) is 5.88. The molecule has 0 atom stereocenters. The molecule has 0 aliphatic heterocycles. The lowest BCUT2D eigenvalue weighted by Crippen LogP contribution is -2.15. The zero-order valence-corrected chi connectivity index (χ0v) is 9.69. The van der Waals surface area contributed by atoms with Crippen molar-refractivity contribution in [2.24, 2.45) is 0 Å². The first-order valence-electron chi connectivity index (χ1n) is 5.88. The number of benzene rings is 1. The summed E-state index contributed by atoms with van der Waals surface area (Å²) >= 11 is 0. The second-order valence-electron chi connectivity index (χ2n) is 4.26. The van der Waals surface area contributed by atoms with E-state index >= 15 is 0 Å². The molecule has 1 aromatic carbocycles. The van der Waals surface area contributed by atoms with E-state index in [1.165, 1.54) is 18.9 Å². The number of aromatic nitrogens is 2. The van der Waals surface area contributed by atoms with Crippen molar-refractivity contribution in [2.45, 2.75) is 25.4 Å². The quantitative estimate of drug-likeness (QED) is 0.849. The number of hydrogen-bond acceptors (Lipinski definition) is 5. The minimum Gasteiger partial charge on any atom is -0.406 e. The minimum atomic E-state index is -0.353. The summed E-state index contributed by atoms with van der Waals surface area (Å²) in [6, 6.07) is 7.12. The fourth-order valence-electron chi connectivity index (χ4n) is 1.57. The van der Waals surface area contributed by atoms with Gasteiger partial charge in [0.25, 0.3) is 0 Å². The van der Waals surface area contributed by atoms with Crippen LogP contribution in [0.25, 0.3) is 0 Å². The highest BCUT2D eigenvalue weighted by Gasteiger charge is 2.21.